The number of aliphatic imine (C=N–C) groups is 1. The predicted molar refractivity (Wildman–Crippen MR) is 109 cm³/mol. The number of nitrogens with two attached hydrogens (primary N) is 1. The molecule has 3 N–H and O–H groups in total. The maximum Gasteiger partial charge on any atom is 0.188 e. The van der Waals surface area contributed by atoms with E-state index in [1.165, 1.54) is 32.2 Å². The molecule has 0 aromatic heterocycles. The van der Waals surface area contributed by atoms with Gasteiger partial charge in [0, 0.05) is 12.6 Å². The lowest BCUT2D eigenvalue weighted by Gasteiger charge is -2.23. The van der Waals surface area contributed by atoms with Crippen LogP contribution in [-0.2, 0) is 6.54 Å². The van der Waals surface area contributed by atoms with Crippen molar-refractivity contribution in [2.75, 3.05) is 26.7 Å². The van der Waals surface area contributed by atoms with E-state index in [2.05, 4.69) is 22.1 Å². The number of nitrogens with one attached hydrogen (secondary N) is 1. The molecule has 1 aromatic rings. The summed E-state index contributed by atoms with van der Waals surface area (Å²) in [4.78, 5) is 7.00. The van der Waals surface area contributed by atoms with Gasteiger partial charge in [-0.2, -0.15) is 0 Å². The van der Waals surface area contributed by atoms with Crippen molar-refractivity contribution in [1.29, 1.82) is 0 Å². The van der Waals surface area contributed by atoms with Crippen molar-refractivity contribution in [3.05, 3.63) is 23.8 Å². The minimum Gasteiger partial charge on any atom is -0.493 e. The number of likely N-dealkylation sites (N-methyl/N-ethyl adjacent to an activating group) is 1. The maximum atomic E-state index is 6.16. The topological polar surface area (TPSA) is 72.1 Å². The quantitative estimate of drug-likeness (QED) is 0.541. The van der Waals surface area contributed by atoms with E-state index in [0.29, 0.717) is 24.7 Å². The monoisotopic (exact) mass is 374 g/mol. The molecular formula is C21H34N4O2. The summed E-state index contributed by atoms with van der Waals surface area (Å²) in [5.74, 6) is 2.10. The number of methoxy groups -OCH3 is 1. The highest BCUT2D eigenvalue weighted by Gasteiger charge is 2.22. The van der Waals surface area contributed by atoms with Crippen LogP contribution in [0.5, 0.6) is 11.5 Å². The van der Waals surface area contributed by atoms with E-state index in [1.807, 2.05) is 18.2 Å². The Kier molecular flexibility index (Phi) is 7.21. The minimum atomic E-state index is 0.303. The van der Waals surface area contributed by atoms with Crippen molar-refractivity contribution in [3.8, 4) is 11.5 Å². The number of likely N-dealkylation sites (tertiary alicyclic amines) is 1. The third kappa shape index (κ3) is 5.51. The third-order valence-corrected chi connectivity index (χ3v) is 5.68. The van der Waals surface area contributed by atoms with Crippen LogP contribution >= 0.6 is 0 Å². The average molecular weight is 375 g/mol. The minimum absolute atomic E-state index is 0.303. The van der Waals surface area contributed by atoms with Gasteiger partial charge < -0.3 is 20.5 Å². The summed E-state index contributed by atoms with van der Waals surface area (Å²) in [6.07, 6.45) is 7.54. The number of nitrogens with zero attached hydrogens (tertiary/aromatic N) is 2. The number of rotatable bonds is 8. The normalized spacial score (nSPS) is 21.6. The van der Waals surface area contributed by atoms with Crippen molar-refractivity contribution < 1.29 is 9.47 Å². The molecule has 150 valence electrons. The Bertz CT molecular complexity index is 629. The molecule has 1 aliphatic heterocycles. The standard InChI is InChI=1S/C21H34N4O2/c1-3-25-12-6-7-17(25)15-24-21(22)23-14-16-10-11-19(26-2)20(13-16)27-18-8-4-5-9-18/h10-11,13,17-18H,3-9,12,14-15H2,1-2H3,(H3,22,23,24). The Labute approximate surface area is 163 Å². The van der Waals surface area contributed by atoms with Gasteiger partial charge in [-0.15, -0.1) is 0 Å². The molecule has 6 heteroatoms. The molecule has 1 saturated heterocycles. The van der Waals surface area contributed by atoms with E-state index >= 15 is 0 Å². The van der Waals surface area contributed by atoms with Crippen LogP contribution in [0.2, 0.25) is 0 Å². The molecule has 0 bridgehead atoms. The van der Waals surface area contributed by atoms with Crippen LogP contribution in [0.1, 0.15) is 51.0 Å². The number of hydrogen-bond donors (Lipinski definition) is 2. The van der Waals surface area contributed by atoms with Crippen LogP contribution in [0, 0.1) is 0 Å². The summed E-state index contributed by atoms with van der Waals surface area (Å²) in [6, 6.07) is 6.57. The molecule has 1 heterocycles. The van der Waals surface area contributed by atoms with Gasteiger partial charge in [-0.1, -0.05) is 13.0 Å². The van der Waals surface area contributed by atoms with E-state index in [-0.39, 0.29) is 0 Å². The molecule has 2 fully saturated rings. The number of hydrogen-bond acceptors (Lipinski definition) is 4. The van der Waals surface area contributed by atoms with Gasteiger partial charge in [0.25, 0.3) is 0 Å². The van der Waals surface area contributed by atoms with Gasteiger partial charge in [-0.05, 0) is 69.3 Å². The zero-order chi connectivity index (χ0) is 19.1. The Morgan fingerprint density at radius 1 is 1.22 bits per heavy atom. The summed E-state index contributed by atoms with van der Waals surface area (Å²) in [7, 11) is 1.68. The third-order valence-electron chi connectivity index (χ3n) is 5.68. The first-order valence-electron chi connectivity index (χ1n) is 10.3. The van der Waals surface area contributed by atoms with Gasteiger partial charge in [0.2, 0.25) is 0 Å². The van der Waals surface area contributed by atoms with Gasteiger partial charge in [-0.3, -0.25) is 4.90 Å². The first-order chi connectivity index (χ1) is 13.2. The van der Waals surface area contributed by atoms with Crippen LogP contribution in [-0.4, -0.2) is 49.7 Å². The fraction of sp³-hybridized carbons (Fsp3) is 0.667. The summed E-state index contributed by atoms with van der Waals surface area (Å²) in [5, 5.41) is 3.29. The van der Waals surface area contributed by atoms with E-state index < -0.39 is 0 Å². The second-order valence-electron chi connectivity index (χ2n) is 7.52. The van der Waals surface area contributed by atoms with E-state index in [1.54, 1.807) is 7.11 Å². The van der Waals surface area contributed by atoms with Crippen LogP contribution in [0.15, 0.2) is 23.2 Å². The lowest BCUT2D eigenvalue weighted by molar-refractivity contribution is 0.200. The molecule has 1 unspecified atom stereocenters. The second-order valence-corrected chi connectivity index (χ2v) is 7.52. The van der Waals surface area contributed by atoms with Gasteiger partial charge in [0.15, 0.2) is 17.5 Å². The highest BCUT2D eigenvalue weighted by atomic mass is 16.5. The molecule has 1 atom stereocenters. The molecule has 6 nitrogen and oxygen atoms in total. The van der Waals surface area contributed by atoms with Crippen LogP contribution < -0.4 is 20.5 Å². The summed E-state index contributed by atoms with van der Waals surface area (Å²) in [6.45, 7) is 5.90. The van der Waals surface area contributed by atoms with Crippen LogP contribution in [0.4, 0.5) is 0 Å². The molecule has 1 saturated carbocycles. The highest BCUT2D eigenvalue weighted by molar-refractivity contribution is 5.77. The Hall–Kier alpha value is -1.95. The molecule has 3 rings (SSSR count). The van der Waals surface area contributed by atoms with E-state index in [4.69, 9.17) is 15.2 Å². The number of ether oxygens (including phenoxy) is 2. The summed E-state index contributed by atoms with van der Waals surface area (Å²) >= 11 is 0. The van der Waals surface area contributed by atoms with Crippen molar-refractivity contribution in [2.24, 2.45) is 10.7 Å². The average Bonchev–Trinajstić information content (AvgIpc) is 3.36. The number of benzene rings is 1. The highest BCUT2D eigenvalue weighted by Crippen LogP contribution is 2.32. The SMILES string of the molecule is CCN1CCCC1CNC(N)=NCc1ccc(OC)c(OC2CCCC2)c1. The fourth-order valence-corrected chi connectivity index (χ4v) is 4.09. The van der Waals surface area contributed by atoms with Gasteiger partial charge in [0.05, 0.1) is 19.8 Å². The smallest absolute Gasteiger partial charge is 0.188 e. The maximum absolute atomic E-state index is 6.16. The Morgan fingerprint density at radius 2 is 2.04 bits per heavy atom. The van der Waals surface area contributed by atoms with Gasteiger partial charge >= 0.3 is 0 Å². The molecule has 0 amide bonds. The molecule has 27 heavy (non-hydrogen) atoms. The van der Waals surface area contributed by atoms with Gasteiger partial charge in [-0.25, -0.2) is 4.99 Å². The molecule has 1 aliphatic carbocycles. The van der Waals surface area contributed by atoms with Crippen molar-refractivity contribution in [3.63, 3.8) is 0 Å². The molecule has 0 spiro atoms. The van der Waals surface area contributed by atoms with Crippen molar-refractivity contribution >= 4 is 5.96 Å². The lowest BCUT2D eigenvalue weighted by atomic mass is 10.2. The molecule has 0 radical (unpaired) electrons. The van der Waals surface area contributed by atoms with E-state index in [0.717, 1.165) is 43.0 Å². The molecule has 2 aliphatic rings. The molecular weight excluding hydrogens is 340 g/mol. The Morgan fingerprint density at radius 3 is 2.78 bits per heavy atom. The van der Waals surface area contributed by atoms with Crippen molar-refractivity contribution in [1.82, 2.24) is 10.2 Å². The predicted octanol–water partition coefficient (Wildman–Crippen LogP) is 2.91. The summed E-state index contributed by atoms with van der Waals surface area (Å²) < 4.78 is 11.6. The Balaban J connectivity index is 1.55. The first-order valence-corrected chi connectivity index (χ1v) is 10.3. The zero-order valence-corrected chi connectivity index (χ0v) is 16.7. The van der Waals surface area contributed by atoms with Crippen LogP contribution in [0.3, 0.4) is 0 Å². The van der Waals surface area contributed by atoms with E-state index in [9.17, 15) is 0 Å². The number of guanidine groups is 1. The summed E-state index contributed by atoms with van der Waals surface area (Å²) in [5.41, 5.74) is 7.15. The fourth-order valence-electron chi connectivity index (χ4n) is 4.09. The van der Waals surface area contributed by atoms with Crippen LogP contribution in [0.25, 0.3) is 0 Å². The van der Waals surface area contributed by atoms with Crippen molar-refractivity contribution in [2.45, 2.75) is 64.1 Å². The molecule has 1 aromatic carbocycles. The lowest BCUT2D eigenvalue weighted by Crippen LogP contribution is -2.42. The zero-order valence-electron chi connectivity index (χ0n) is 16.7. The first kappa shape index (κ1) is 19.8. The van der Waals surface area contributed by atoms with Gasteiger partial charge in [0.1, 0.15) is 0 Å². The largest absolute Gasteiger partial charge is 0.493 e. The second kappa shape index (κ2) is 9.83.